The van der Waals surface area contributed by atoms with Crippen LogP contribution in [0.25, 0.3) is 0 Å². The highest BCUT2D eigenvalue weighted by molar-refractivity contribution is 7.99. The second kappa shape index (κ2) is 5.19. The van der Waals surface area contributed by atoms with E-state index in [0.717, 1.165) is 30.9 Å². The second-order valence-corrected chi connectivity index (χ2v) is 6.47. The highest BCUT2D eigenvalue weighted by Crippen LogP contribution is 2.43. The molecule has 98 valence electrons. The van der Waals surface area contributed by atoms with Crippen molar-refractivity contribution < 1.29 is 4.74 Å². The quantitative estimate of drug-likeness (QED) is 0.891. The number of hydrogen-bond donors (Lipinski definition) is 1. The Kier molecular flexibility index (Phi) is 3.59. The predicted molar refractivity (Wildman–Crippen MR) is 74.5 cm³/mol. The van der Waals surface area contributed by atoms with Crippen molar-refractivity contribution in [2.75, 3.05) is 18.1 Å². The maximum Gasteiger partial charge on any atom is 0.0783 e. The summed E-state index contributed by atoms with van der Waals surface area (Å²) in [6.07, 6.45) is 5.17. The Labute approximate surface area is 113 Å². The lowest BCUT2D eigenvalue weighted by Crippen LogP contribution is -2.42. The summed E-state index contributed by atoms with van der Waals surface area (Å²) in [4.78, 5) is 4.40. The van der Waals surface area contributed by atoms with Crippen LogP contribution in [0.5, 0.6) is 0 Å². The van der Waals surface area contributed by atoms with E-state index in [1.807, 2.05) is 36.2 Å². The lowest BCUT2D eigenvalue weighted by molar-refractivity contribution is -0.0836. The first-order valence-electron chi connectivity index (χ1n) is 6.67. The summed E-state index contributed by atoms with van der Waals surface area (Å²) in [6, 6.07) is 6.05. The number of ether oxygens (including phenoxy) is 1. The zero-order chi connectivity index (χ0) is 12.4. The van der Waals surface area contributed by atoms with E-state index in [9.17, 15) is 0 Å². The van der Waals surface area contributed by atoms with E-state index < -0.39 is 0 Å². The van der Waals surface area contributed by atoms with Crippen LogP contribution in [0.15, 0.2) is 24.4 Å². The van der Waals surface area contributed by atoms with E-state index in [0.29, 0.717) is 5.92 Å². The summed E-state index contributed by atoms with van der Waals surface area (Å²) < 4.78 is 6.05. The average Bonchev–Trinajstić information content (AvgIpc) is 2.87. The minimum Gasteiger partial charge on any atom is -0.374 e. The van der Waals surface area contributed by atoms with Crippen LogP contribution in [0, 0.1) is 5.92 Å². The first kappa shape index (κ1) is 12.5. The maximum absolute atomic E-state index is 6.40. The summed E-state index contributed by atoms with van der Waals surface area (Å²) in [5, 5.41) is 0. The van der Waals surface area contributed by atoms with Crippen LogP contribution in [0.3, 0.4) is 0 Å². The number of pyridine rings is 1. The maximum atomic E-state index is 6.40. The van der Waals surface area contributed by atoms with Crippen LogP contribution in [0.1, 0.15) is 31.0 Å². The minimum atomic E-state index is 0.0533. The fraction of sp³-hybridized carbons (Fsp3) is 0.643. The average molecular weight is 264 g/mol. The number of rotatable bonds is 2. The summed E-state index contributed by atoms with van der Waals surface area (Å²) in [6.45, 7) is 0.853. The standard InChI is InChI=1S/C14H20N2OS/c15-13(12-3-1-2-6-16-12)11-4-7-17-14(9-11)5-8-18-10-14/h1-3,6,11,13H,4-5,7-10,15H2. The van der Waals surface area contributed by atoms with E-state index in [1.165, 1.54) is 12.2 Å². The molecule has 3 atom stereocenters. The molecule has 0 amide bonds. The van der Waals surface area contributed by atoms with E-state index in [1.54, 1.807) is 0 Å². The molecule has 2 N–H and O–H groups in total. The Bertz CT molecular complexity index is 392. The molecule has 2 aliphatic rings. The van der Waals surface area contributed by atoms with E-state index in [-0.39, 0.29) is 11.6 Å². The Morgan fingerprint density at radius 3 is 3.17 bits per heavy atom. The van der Waals surface area contributed by atoms with Gasteiger partial charge in [0.15, 0.2) is 0 Å². The topological polar surface area (TPSA) is 48.1 Å². The van der Waals surface area contributed by atoms with Gasteiger partial charge in [0.2, 0.25) is 0 Å². The van der Waals surface area contributed by atoms with Crippen molar-refractivity contribution in [3.8, 4) is 0 Å². The van der Waals surface area contributed by atoms with Gasteiger partial charge in [0.1, 0.15) is 0 Å². The zero-order valence-corrected chi connectivity index (χ0v) is 11.4. The van der Waals surface area contributed by atoms with Crippen molar-refractivity contribution in [2.24, 2.45) is 11.7 Å². The van der Waals surface area contributed by atoms with Gasteiger partial charge >= 0.3 is 0 Å². The molecular formula is C14H20N2OS. The number of hydrogen-bond acceptors (Lipinski definition) is 4. The molecule has 3 nitrogen and oxygen atoms in total. The summed E-state index contributed by atoms with van der Waals surface area (Å²) in [5.41, 5.74) is 7.53. The van der Waals surface area contributed by atoms with Crippen LogP contribution in [0.2, 0.25) is 0 Å². The summed E-state index contributed by atoms with van der Waals surface area (Å²) in [5.74, 6) is 2.87. The summed E-state index contributed by atoms with van der Waals surface area (Å²) >= 11 is 2.01. The predicted octanol–water partition coefficient (Wildman–Crippen LogP) is 2.38. The number of nitrogens with two attached hydrogens (primary N) is 1. The molecule has 18 heavy (non-hydrogen) atoms. The van der Waals surface area contributed by atoms with Crippen LogP contribution < -0.4 is 5.73 Å². The number of nitrogens with zero attached hydrogens (tertiary/aromatic N) is 1. The summed E-state index contributed by atoms with van der Waals surface area (Å²) in [7, 11) is 0. The van der Waals surface area contributed by atoms with Crippen molar-refractivity contribution in [1.82, 2.24) is 4.98 Å². The lowest BCUT2D eigenvalue weighted by atomic mass is 9.80. The highest BCUT2D eigenvalue weighted by Gasteiger charge is 2.42. The molecule has 2 aliphatic heterocycles. The molecule has 0 saturated carbocycles. The zero-order valence-electron chi connectivity index (χ0n) is 10.5. The van der Waals surface area contributed by atoms with Gasteiger partial charge in [0.05, 0.1) is 17.3 Å². The Morgan fingerprint density at radius 1 is 1.50 bits per heavy atom. The first-order chi connectivity index (χ1) is 8.79. The molecule has 1 aromatic rings. The third-order valence-electron chi connectivity index (χ3n) is 4.14. The SMILES string of the molecule is NC(c1ccccn1)C1CCOC2(CCSC2)C1. The van der Waals surface area contributed by atoms with Gasteiger partial charge in [-0.05, 0) is 43.1 Å². The molecule has 2 fully saturated rings. The van der Waals surface area contributed by atoms with E-state index in [2.05, 4.69) is 4.98 Å². The largest absolute Gasteiger partial charge is 0.374 e. The molecule has 0 bridgehead atoms. The molecule has 3 rings (SSSR count). The number of aromatic nitrogens is 1. The lowest BCUT2D eigenvalue weighted by Gasteiger charge is -2.39. The Balaban J connectivity index is 1.72. The van der Waals surface area contributed by atoms with Crippen LogP contribution >= 0.6 is 11.8 Å². The molecule has 1 aromatic heterocycles. The van der Waals surface area contributed by atoms with E-state index >= 15 is 0 Å². The van der Waals surface area contributed by atoms with Gasteiger partial charge in [-0.1, -0.05) is 6.07 Å². The van der Waals surface area contributed by atoms with Crippen LogP contribution in [0.4, 0.5) is 0 Å². The monoisotopic (exact) mass is 264 g/mol. The van der Waals surface area contributed by atoms with Crippen LogP contribution in [-0.2, 0) is 4.74 Å². The third kappa shape index (κ3) is 2.42. The molecule has 0 radical (unpaired) electrons. The molecule has 0 aliphatic carbocycles. The van der Waals surface area contributed by atoms with Gasteiger partial charge in [-0.25, -0.2) is 0 Å². The van der Waals surface area contributed by atoms with Crippen molar-refractivity contribution in [3.63, 3.8) is 0 Å². The molecular weight excluding hydrogens is 244 g/mol. The second-order valence-electron chi connectivity index (χ2n) is 5.37. The van der Waals surface area contributed by atoms with E-state index in [4.69, 9.17) is 10.5 Å². The van der Waals surface area contributed by atoms with Gasteiger partial charge in [0, 0.05) is 18.6 Å². The van der Waals surface area contributed by atoms with Crippen molar-refractivity contribution in [1.29, 1.82) is 0 Å². The smallest absolute Gasteiger partial charge is 0.0783 e. The first-order valence-corrected chi connectivity index (χ1v) is 7.83. The third-order valence-corrected chi connectivity index (χ3v) is 5.36. The van der Waals surface area contributed by atoms with Crippen molar-refractivity contribution >= 4 is 11.8 Å². The number of thioether (sulfide) groups is 1. The van der Waals surface area contributed by atoms with Gasteiger partial charge < -0.3 is 10.5 Å². The molecule has 2 saturated heterocycles. The minimum absolute atomic E-state index is 0.0533. The molecule has 1 spiro atoms. The van der Waals surface area contributed by atoms with Gasteiger partial charge in [-0.3, -0.25) is 4.98 Å². The fourth-order valence-electron chi connectivity index (χ4n) is 3.05. The van der Waals surface area contributed by atoms with Crippen molar-refractivity contribution in [3.05, 3.63) is 30.1 Å². The van der Waals surface area contributed by atoms with Crippen molar-refractivity contribution in [2.45, 2.75) is 30.9 Å². The van der Waals surface area contributed by atoms with Gasteiger partial charge in [0.25, 0.3) is 0 Å². The highest BCUT2D eigenvalue weighted by atomic mass is 32.2. The molecule has 3 unspecified atom stereocenters. The van der Waals surface area contributed by atoms with Gasteiger partial charge in [-0.15, -0.1) is 0 Å². The Morgan fingerprint density at radius 2 is 2.44 bits per heavy atom. The normalized spacial score (nSPS) is 33.7. The van der Waals surface area contributed by atoms with Gasteiger partial charge in [-0.2, -0.15) is 11.8 Å². The molecule has 0 aromatic carbocycles. The fourth-order valence-corrected chi connectivity index (χ4v) is 4.43. The molecule has 3 heterocycles. The molecule has 4 heteroatoms. The Hall–Kier alpha value is -0.580. The van der Waals surface area contributed by atoms with Crippen LogP contribution in [-0.4, -0.2) is 28.7 Å².